The first-order valence-corrected chi connectivity index (χ1v) is 6.03. The van der Waals surface area contributed by atoms with E-state index in [0.29, 0.717) is 0 Å². The van der Waals surface area contributed by atoms with Crippen molar-refractivity contribution in [1.82, 2.24) is 24.7 Å². The topological polar surface area (TPSA) is 77.8 Å². The van der Waals surface area contributed by atoms with Gasteiger partial charge in [-0.05, 0) is 19.9 Å². The minimum Gasteiger partial charge on any atom is -0.461 e. The van der Waals surface area contributed by atoms with Gasteiger partial charge in [0.15, 0.2) is 5.69 Å². The van der Waals surface area contributed by atoms with Crippen LogP contribution < -0.4 is 10.1 Å². The van der Waals surface area contributed by atoms with Crippen molar-refractivity contribution in [2.24, 2.45) is 0 Å². The Morgan fingerprint density at radius 2 is 1.95 bits per heavy atom. The molecule has 2 rings (SSSR count). The molecule has 0 radical (unpaired) electrons. The van der Waals surface area contributed by atoms with Gasteiger partial charge in [0.05, 0.1) is 6.10 Å². The second-order valence-corrected chi connectivity index (χ2v) is 4.30. The summed E-state index contributed by atoms with van der Waals surface area (Å²) in [7, 11) is 1.57. The maximum atomic E-state index is 12.5. The van der Waals surface area contributed by atoms with Crippen molar-refractivity contribution < 1.29 is 17.9 Å². The first-order chi connectivity index (χ1) is 9.79. The molecule has 0 aliphatic rings. The normalized spacial score (nSPS) is 11.8. The molecule has 0 saturated carbocycles. The van der Waals surface area contributed by atoms with Crippen molar-refractivity contribution >= 4 is 5.95 Å². The average Bonchev–Trinajstić information content (AvgIpc) is 2.86. The lowest BCUT2D eigenvalue weighted by atomic mass is 10.4. The number of rotatable bonds is 4. The number of anilines is 1. The van der Waals surface area contributed by atoms with Crippen LogP contribution in [-0.2, 0) is 6.18 Å². The third-order valence-corrected chi connectivity index (χ3v) is 2.25. The zero-order valence-corrected chi connectivity index (χ0v) is 11.5. The van der Waals surface area contributed by atoms with E-state index in [2.05, 4.69) is 25.4 Å². The average molecular weight is 302 g/mol. The van der Waals surface area contributed by atoms with E-state index in [1.807, 2.05) is 0 Å². The van der Waals surface area contributed by atoms with Gasteiger partial charge in [-0.3, -0.25) is 0 Å². The number of alkyl halides is 3. The molecule has 0 spiro atoms. The fourth-order valence-corrected chi connectivity index (χ4v) is 1.41. The number of nitrogens with one attached hydrogen (secondary N) is 1. The molecule has 0 aliphatic carbocycles. The van der Waals surface area contributed by atoms with Crippen LogP contribution in [0, 0.1) is 0 Å². The van der Waals surface area contributed by atoms with Gasteiger partial charge < -0.3 is 10.1 Å². The third kappa shape index (κ3) is 3.58. The van der Waals surface area contributed by atoms with Gasteiger partial charge in [-0.1, -0.05) is 0 Å². The number of nitrogens with zero attached hydrogens (tertiary/aromatic N) is 5. The van der Waals surface area contributed by atoms with Crippen molar-refractivity contribution in [3.63, 3.8) is 0 Å². The number of hydrogen-bond donors (Lipinski definition) is 1. The molecule has 0 saturated heterocycles. The predicted molar refractivity (Wildman–Crippen MR) is 67.3 cm³/mol. The molecule has 7 nitrogen and oxygen atoms in total. The van der Waals surface area contributed by atoms with Gasteiger partial charge >= 0.3 is 12.2 Å². The molecule has 0 bridgehead atoms. The Morgan fingerprint density at radius 3 is 2.48 bits per heavy atom. The molecule has 114 valence electrons. The van der Waals surface area contributed by atoms with Crippen LogP contribution in [0.2, 0.25) is 0 Å². The highest BCUT2D eigenvalue weighted by atomic mass is 19.4. The Labute approximate surface area is 118 Å². The summed E-state index contributed by atoms with van der Waals surface area (Å²) >= 11 is 0. The molecular weight excluding hydrogens is 289 g/mol. The van der Waals surface area contributed by atoms with Crippen LogP contribution in [0.25, 0.3) is 5.95 Å². The van der Waals surface area contributed by atoms with E-state index < -0.39 is 11.9 Å². The Hall–Kier alpha value is -2.39. The number of ether oxygens (including phenoxy) is 1. The minimum atomic E-state index is -4.53. The van der Waals surface area contributed by atoms with Gasteiger partial charge in [-0.25, -0.2) is 4.68 Å². The molecule has 0 fully saturated rings. The molecule has 21 heavy (non-hydrogen) atoms. The van der Waals surface area contributed by atoms with Crippen LogP contribution in [0.1, 0.15) is 19.5 Å². The fourth-order valence-electron chi connectivity index (χ4n) is 1.41. The van der Waals surface area contributed by atoms with Crippen LogP contribution in [0.5, 0.6) is 6.01 Å². The van der Waals surface area contributed by atoms with Crippen LogP contribution in [0.15, 0.2) is 12.3 Å². The second-order valence-electron chi connectivity index (χ2n) is 4.30. The lowest BCUT2D eigenvalue weighted by molar-refractivity contribution is -0.141. The monoisotopic (exact) mass is 302 g/mol. The van der Waals surface area contributed by atoms with E-state index in [-0.39, 0.29) is 24.0 Å². The quantitative estimate of drug-likeness (QED) is 0.929. The van der Waals surface area contributed by atoms with E-state index in [1.165, 1.54) is 0 Å². The van der Waals surface area contributed by atoms with E-state index in [0.717, 1.165) is 16.9 Å². The first-order valence-electron chi connectivity index (χ1n) is 6.03. The van der Waals surface area contributed by atoms with Gasteiger partial charge in [0.1, 0.15) is 0 Å². The van der Waals surface area contributed by atoms with Crippen LogP contribution in [0.3, 0.4) is 0 Å². The third-order valence-electron chi connectivity index (χ3n) is 2.25. The largest absolute Gasteiger partial charge is 0.461 e. The van der Waals surface area contributed by atoms with Gasteiger partial charge in [-0.15, -0.1) is 0 Å². The number of aromatic nitrogens is 5. The van der Waals surface area contributed by atoms with Gasteiger partial charge in [0, 0.05) is 13.2 Å². The summed E-state index contributed by atoms with van der Waals surface area (Å²) < 4.78 is 43.9. The van der Waals surface area contributed by atoms with E-state index in [4.69, 9.17) is 4.74 Å². The highest BCUT2D eigenvalue weighted by Gasteiger charge is 2.33. The maximum Gasteiger partial charge on any atom is 0.435 e. The number of hydrogen-bond acceptors (Lipinski definition) is 6. The highest BCUT2D eigenvalue weighted by molar-refractivity contribution is 5.29. The Kier molecular flexibility index (Phi) is 3.96. The van der Waals surface area contributed by atoms with E-state index in [9.17, 15) is 13.2 Å². The standard InChI is InChI=1S/C11H13F3N6O/c1-6(2)21-10-17-8(15-3)16-9(18-10)20-5-4-7(19-20)11(12,13)14/h4-6H,1-3H3,(H,15,16,17,18). The zero-order valence-electron chi connectivity index (χ0n) is 11.5. The summed E-state index contributed by atoms with van der Waals surface area (Å²) in [4.78, 5) is 11.8. The lowest BCUT2D eigenvalue weighted by Crippen LogP contribution is -2.14. The van der Waals surface area contributed by atoms with Gasteiger partial charge in [-0.2, -0.15) is 33.2 Å². The summed E-state index contributed by atoms with van der Waals surface area (Å²) in [5.74, 6) is 0.0974. The molecule has 0 unspecified atom stereocenters. The van der Waals surface area contributed by atoms with Gasteiger partial charge in [0.25, 0.3) is 5.95 Å². The lowest BCUT2D eigenvalue weighted by Gasteiger charge is -2.10. The molecule has 0 aliphatic heterocycles. The molecule has 2 aromatic heterocycles. The van der Waals surface area contributed by atoms with Gasteiger partial charge in [0.2, 0.25) is 5.95 Å². The van der Waals surface area contributed by atoms with Crippen molar-refractivity contribution in [2.75, 3.05) is 12.4 Å². The molecule has 0 amide bonds. The summed E-state index contributed by atoms with van der Waals surface area (Å²) in [5, 5.41) is 6.09. The minimum absolute atomic E-state index is 0.00316. The maximum absolute atomic E-state index is 12.5. The molecule has 1 N–H and O–H groups in total. The van der Waals surface area contributed by atoms with Crippen molar-refractivity contribution in [1.29, 1.82) is 0 Å². The smallest absolute Gasteiger partial charge is 0.435 e. The molecule has 2 heterocycles. The summed E-state index contributed by atoms with van der Waals surface area (Å²) in [5.41, 5.74) is -1.03. The van der Waals surface area contributed by atoms with E-state index in [1.54, 1.807) is 20.9 Å². The Balaban J connectivity index is 2.40. The summed E-state index contributed by atoms with van der Waals surface area (Å²) in [6.45, 7) is 3.55. The second kappa shape index (κ2) is 5.54. The molecular formula is C11H13F3N6O. The first kappa shape index (κ1) is 15.0. The van der Waals surface area contributed by atoms with E-state index >= 15 is 0 Å². The predicted octanol–water partition coefficient (Wildman–Crippen LogP) is 1.90. The summed E-state index contributed by atoms with van der Waals surface area (Å²) in [6.07, 6.45) is -3.59. The molecule has 2 aromatic rings. The highest BCUT2D eigenvalue weighted by Crippen LogP contribution is 2.27. The van der Waals surface area contributed by atoms with Crippen LogP contribution >= 0.6 is 0 Å². The van der Waals surface area contributed by atoms with Crippen LogP contribution in [-0.4, -0.2) is 37.9 Å². The molecule has 0 aromatic carbocycles. The Morgan fingerprint density at radius 1 is 1.24 bits per heavy atom. The SMILES string of the molecule is CNc1nc(OC(C)C)nc(-n2ccc(C(F)(F)F)n2)n1. The van der Waals surface area contributed by atoms with Crippen molar-refractivity contribution in [3.8, 4) is 12.0 Å². The zero-order chi connectivity index (χ0) is 15.6. The summed E-state index contributed by atoms with van der Waals surface area (Å²) in [6, 6.07) is 0.842. The Bertz CT molecular complexity index is 625. The fraction of sp³-hybridized carbons (Fsp3) is 0.455. The van der Waals surface area contributed by atoms with Crippen LogP contribution in [0.4, 0.5) is 19.1 Å². The van der Waals surface area contributed by atoms with Crippen molar-refractivity contribution in [2.45, 2.75) is 26.1 Å². The number of halogens is 3. The molecule has 10 heteroatoms. The van der Waals surface area contributed by atoms with Crippen molar-refractivity contribution in [3.05, 3.63) is 18.0 Å². The molecule has 0 atom stereocenters.